The van der Waals surface area contributed by atoms with Gasteiger partial charge in [0.1, 0.15) is 23.3 Å². The largest absolute Gasteiger partial charge is 0.354 e. The number of nitrogens with one attached hydrogen (secondary N) is 2. The molecule has 37 heavy (non-hydrogen) atoms. The third-order valence-electron chi connectivity index (χ3n) is 7.42. The van der Waals surface area contributed by atoms with Crippen LogP contribution in [-0.2, 0) is 0 Å². The molecule has 0 aliphatic carbocycles. The van der Waals surface area contributed by atoms with Gasteiger partial charge in [-0.2, -0.15) is 0 Å². The number of rotatable bonds is 6. The summed E-state index contributed by atoms with van der Waals surface area (Å²) in [5.41, 5.74) is 2.63. The smallest absolute Gasteiger partial charge is 0.130 e. The molecule has 2 aliphatic rings. The van der Waals surface area contributed by atoms with Crippen LogP contribution in [0.25, 0.3) is 17.5 Å². The monoisotopic (exact) mass is 501 g/mol. The number of imidazole rings is 1. The van der Waals surface area contributed by atoms with Crippen LogP contribution in [0.2, 0.25) is 0 Å². The Morgan fingerprint density at radius 2 is 1.89 bits per heavy atom. The lowest BCUT2D eigenvalue weighted by Gasteiger charge is -2.37. The molecular weight excluding hydrogens is 465 g/mol. The molecule has 194 valence electrons. The van der Waals surface area contributed by atoms with E-state index < -0.39 is 0 Å². The van der Waals surface area contributed by atoms with Gasteiger partial charge in [0, 0.05) is 38.8 Å². The first-order valence-corrected chi connectivity index (χ1v) is 13.3. The Morgan fingerprint density at radius 3 is 2.68 bits per heavy atom. The molecule has 2 fully saturated rings. The van der Waals surface area contributed by atoms with Crippen molar-refractivity contribution < 1.29 is 4.39 Å². The Kier molecular flexibility index (Phi) is 7.65. The molecule has 0 amide bonds. The molecule has 1 atom stereocenters. The van der Waals surface area contributed by atoms with E-state index in [0.717, 1.165) is 74.8 Å². The molecule has 4 heterocycles. The molecule has 3 aromatic rings. The highest BCUT2D eigenvalue weighted by atomic mass is 19.1. The Bertz CT molecular complexity index is 1240. The van der Waals surface area contributed by atoms with E-state index in [0.29, 0.717) is 17.7 Å². The molecular formula is C29H36FN7. The molecule has 2 aromatic heterocycles. The highest BCUT2D eigenvalue weighted by Crippen LogP contribution is 2.31. The first-order chi connectivity index (χ1) is 18.0. The minimum absolute atomic E-state index is 0.0168. The van der Waals surface area contributed by atoms with Crippen molar-refractivity contribution in [2.45, 2.75) is 45.2 Å². The number of aromatic nitrogens is 3. The Morgan fingerprint density at radius 1 is 1.08 bits per heavy atom. The van der Waals surface area contributed by atoms with Crippen LogP contribution in [0.15, 0.2) is 54.7 Å². The van der Waals surface area contributed by atoms with E-state index in [4.69, 9.17) is 10.4 Å². The van der Waals surface area contributed by atoms with E-state index in [2.05, 4.69) is 44.6 Å². The lowest BCUT2D eigenvalue weighted by molar-refractivity contribution is 0.209. The second kappa shape index (κ2) is 11.3. The van der Waals surface area contributed by atoms with Crippen molar-refractivity contribution in [3.05, 3.63) is 71.9 Å². The first-order valence-electron chi connectivity index (χ1n) is 13.3. The number of hydrogen-bond donors (Lipinski definition) is 2. The molecule has 0 bridgehead atoms. The van der Waals surface area contributed by atoms with Crippen molar-refractivity contribution in [2.24, 2.45) is 0 Å². The fourth-order valence-electron chi connectivity index (χ4n) is 5.30. The van der Waals surface area contributed by atoms with Crippen LogP contribution in [0.3, 0.4) is 0 Å². The first kappa shape index (κ1) is 25.1. The summed E-state index contributed by atoms with van der Waals surface area (Å²) in [5, 5.41) is 8.70. The normalized spacial score (nSPS) is 19.2. The van der Waals surface area contributed by atoms with Gasteiger partial charge in [-0.25, -0.2) is 14.4 Å². The average Bonchev–Trinajstić information content (AvgIpc) is 3.41. The molecule has 0 spiro atoms. The summed E-state index contributed by atoms with van der Waals surface area (Å²) in [6.07, 6.45) is 8.43. The summed E-state index contributed by atoms with van der Waals surface area (Å²) in [6, 6.07) is 13.4. The molecule has 2 aliphatic heterocycles. The number of amidine groups is 1. The zero-order chi connectivity index (χ0) is 25.8. The number of hydrogen-bond acceptors (Lipinski definition) is 5. The van der Waals surface area contributed by atoms with E-state index in [1.54, 1.807) is 24.4 Å². The highest BCUT2D eigenvalue weighted by Gasteiger charge is 2.25. The number of aromatic amines is 1. The number of piperazine rings is 1. The number of benzene rings is 1. The summed E-state index contributed by atoms with van der Waals surface area (Å²) in [7, 11) is 0. The van der Waals surface area contributed by atoms with E-state index in [1.807, 2.05) is 24.3 Å². The van der Waals surface area contributed by atoms with Crippen LogP contribution < -0.4 is 4.90 Å². The molecule has 0 radical (unpaired) electrons. The van der Waals surface area contributed by atoms with E-state index >= 15 is 0 Å². The van der Waals surface area contributed by atoms with Crippen LogP contribution in [0.1, 0.15) is 50.5 Å². The standard InChI is InChI=1S/C29H36FN7/c1-21(2)35-15-17-36(18-16-35)29-11-6-9-24(34-29)25-20-32-28(33-25)13-12-27(31)37-14-4-3-10-26(37)22-7-5-8-23(30)19-22/h5-9,11-13,19-21,26,31H,3-4,10,14-18H2,1-2H3,(H,32,33). The van der Waals surface area contributed by atoms with Crippen molar-refractivity contribution in [3.63, 3.8) is 0 Å². The van der Waals surface area contributed by atoms with E-state index in [-0.39, 0.29) is 11.9 Å². The summed E-state index contributed by atoms with van der Waals surface area (Å²) in [6.45, 7) is 9.32. The molecule has 8 heteroatoms. The van der Waals surface area contributed by atoms with Gasteiger partial charge in [0.2, 0.25) is 0 Å². The molecule has 0 saturated carbocycles. The van der Waals surface area contributed by atoms with Gasteiger partial charge in [0.15, 0.2) is 0 Å². The fraction of sp³-hybridized carbons (Fsp3) is 0.414. The van der Waals surface area contributed by atoms with Crippen molar-refractivity contribution >= 4 is 17.7 Å². The number of halogens is 1. The van der Waals surface area contributed by atoms with Crippen LogP contribution in [0.4, 0.5) is 10.2 Å². The van der Waals surface area contributed by atoms with Gasteiger partial charge in [-0.3, -0.25) is 10.3 Å². The molecule has 7 nitrogen and oxygen atoms in total. The second-order valence-corrected chi connectivity index (χ2v) is 10.2. The Hall–Kier alpha value is -3.52. The van der Waals surface area contributed by atoms with Crippen molar-refractivity contribution in [1.29, 1.82) is 5.41 Å². The minimum Gasteiger partial charge on any atom is -0.354 e. The summed E-state index contributed by atoms with van der Waals surface area (Å²) >= 11 is 0. The molecule has 1 unspecified atom stereocenters. The maximum Gasteiger partial charge on any atom is 0.130 e. The lowest BCUT2D eigenvalue weighted by Crippen LogP contribution is -2.49. The quantitative estimate of drug-likeness (QED) is 0.351. The number of nitrogens with zero attached hydrogens (tertiary/aromatic N) is 5. The minimum atomic E-state index is -0.233. The SMILES string of the molecule is CC(C)N1CCN(c2cccc(-c3cnc(C=CC(=N)N4CCCCC4c4cccc(F)c4)[nH]3)n2)CC1. The zero-order valence-electron chi connectivity index (χ0n) is 21.7. The number of H-pyrrole nitrogens is 1. The van der Waals surface area contributed by atoms with Crippen molar-refractivity contribution in [1.82, 2.24) is 24.8 Å². The topological polar surface area (TPSA) is 75.1 Å². The third-order valence-corrected chi connectivity index (χ3v) is 7.42. The van der Waals surface area contributed by atoms with Gasteiger partial charge in [0.25, 0.3) is 0 Å². The van der Waals surface area contributed by atoms with Gasteiger partial charge in [0.05, 0.1) is 23.6 Å². The summed E-state index contributed by atoms with van der Waals surface area (Å²) < 4.78 is 13.8. The number of likely N-dealkylation sites (tertiary alicyclic amines) is 1. The predicted octanol–water partition coefficient (Wildman–Crippen LogP) is 5.36. The second-order valence-electron chi connectivity index (χ2n) is 10.2. The third kappa shape index (κ3) is 5.91. The van der Waals surface area contributed by atoms with E-state index in [1.165, 1.54) is 6.07 Å². The van der Waals surface area contributed by atoms with E-state index in [9.17, 15) is 4.39 Å². The van der Waals surface area contributed by atoms with Gasteiger partial charge >= 0.3 is 0 Å². The maximum absolute atomic E-state index is 13.8. The Labute approximate surface area is 218 Å². The van der Waals surface area contributed by atoms with Crippen LogP contribution in [0, 0.1) is 11.2 Å². The zero-order valence-corrected chi connectivity index (χ0v) is 21.7. The number of piperidine rings is 1. The van der Waals surface area contributed by atoms with Gasteiger partial charge in [-0.1, -0.05) is 18.2 Å². The van der Waals surface area contributed by atoms with Crippen LogP contribution in [0.5, 0.6) is 0 Å². The summed E-state index contributed by atoms with van der Waals surface area (Å²) in [4.78, 5) is 19.6. The van der Waals surface area contributed by atoms with Gasteiger partial charge < -0.3 is 14.8 Å². The van der Waals surface area contributed by atoms with Crippen molar-refractivity contribution in [2.75, 3.05) is 37.6 Å². The molecule has 1 aromatic carbocycles. The van der Waals surface area contributed by atoms with Gasteiger partial charge in [-0.05, 0) is 75.1 Å². The fourth-order valence-corrected chi connectivity index (χ4v) is 5.30. The Balaban J connectivity index is 1.25. The van der Waals surface area contributed by atoms with Crippen LogP contribution in [-0.4, -0.2) is 69.4 Å². The van der Waals surface area contributed by atoms with Crippen molar-refractivity contribution in [3.8, 4) is 11.4 Å². The highest BCUT2D eigenvalue weighted by molar-refractivity contribution is 5.94. The maximum atomic E-state index is 13.8. The number of pyridine rings is 1. The average molecular weight is 502 g/mol. The van der Waals surface area contributed by atoms with Gasteiger partial charge in [-0.15, -0.1) is 0 Å². The molecule has 2 N–H and O–H groups in total. The van der Waals surface area contributed by atoms with Crippen LogP contribution >= 0.6 is 0 Å². The lowest BCUT2D eigenvalue weighted by atomic mass is 9.95. The molecule has 2 saturated heterocycles. The molecule has 5 rings (SSSR count). The number of anilines is 1. The predicted molar refractivity (Wildman–Crippen MR) is 147 cm³/mol. The summed E-state index contributed by atoms with van der Waals surface area (Å²) in [5.74, 6) is 1.84.